The summed E-state index contributed by atoms with van der Waals surface area (Å²) in [5.74, 6) is 4.36. The lowest BCUT2D eigenvalue weighted by Crippen LogP contribution is -2.50. The number of aryl methyl sites for hydroxylation is 1. The second-order valence-corrected chi connectivity index (χ2v) is 8.78. The second-order valence-electron chi connectivity index (χ2n) is 7.84. The van der Waals surface area contributed by atoms with Crippen LogP contribution in [-0.4, -0.2) is 26.3 Å². The summed E-state index contributed by atoms with van der Waals surface area (Å²) in [6.07, 6.45) is 9.44. The summed E-state index contributed by atoms with van der Waals surface area (Å²) in [4.78, 5) is 13.0. The summed E-state index contributed by atoms with van der Waals surface area (Å²) >= 11 is 1.56. The second kappa shape index (κ2) is 5.76. The van der Waals surface area contributed by atoms with Crippen LogP contribution in [0.1, 0.15) is 44.3 Å². The Balaban J connectivity index is 1.45. The van der Waals surface area contributed by atoms with Crippen LogP contribution in [0.5, 0.6) is 0 Å². The Morgan fingerprint density at radius 3 is 2.43 bits per heavy atom. The van der Waals surface area contributed by atoms with Crippen molar-refractivity contribution >= 4 is 17.5 Å². The predicted octanol–water partition coefficient (Wildman–Crippen LogP) is 3.65. The maximum atomic E-state index is 13.0. The number of rotatable bonds is 6. The van der Waals surface area contributed by atoms with Gasteiger partial charge in [-0.15, -0.1) is 16.8 Å². The molecule has 1 aromatic heterocycles. The number of nitrogens with zero attached hydrogens (tertiary/aromatic N) is 3. The maximum Gasteiger partial charge on any atom is 0.191 e. The van der Waals surface area contributed by atoms with Crippen LogP contribution in [0.25, 0.3) is 0 Å². The highest BCUT2D eigenvalue weighted by Gasteiger charge is 2.54. The average molecular weight is 331 g/mol. The normalized spacial score (nSPS) is 34.7. The molecule has 4 bridgehead atoms. The highest BCUT2D eigenvalue weighted by atomic mass is 32.2. The molecule has 4 fully saturated rings. The van der Waals surface area contributed by atoms with Crippen LogP contribution in [0.15, 0.2) is 17.8 Å². The number of hydrogen-bond acceptors (Lipinski definition) is 4. The van der Waals surface area contributed by atoms with Crippen LogP contribution in [-0.2, 0) is 11.3 Å². The molecule has 4 nitrogen and oxygen atoms in total. The summed E-state index contributed by atoms with van der Waals surface area (Å²) in [6.45, 7) is 6.43. The van der Waals surface area contributed by atoms with Crippen molar-refractivity contribution in [3.8, 4) is 0 Å². The van der Waals surface area contributed by atoms with E-state index in [1.165, 1.54) is 19.3 Å². The molecule has 0 amide bonds. The van der Waals surface area contributed by atoms with E-state index in [-0.39, 0.29) is 5.41 Å². The van der Waals surface area contributed by atoms with Gasteiger partial charge in [0.15, 0.2) is 5.16 Å². The Kier molecular flexibility index (Phi) is 3.87. The van der Waals surface area contributed by atoms with Crippen molar-refractivity contribution in [1.82, 2.24) is 14.8 Å². The van der Waals surface area contributed by atoms with Crippen LogP contribution >= 0.6 is 11.8 Å². The van der Waals surface area contributed by atoms with Crippen LogP contribution in [0.3, 0.4) is 0 Å². The summed E-state index contributed by atoms with van der Waals surface area (Å²) in [5.41, 5.74) is 0.0000823. The van der Waals surface area contributed by atoms with Crippen molar-refractivity contribution < 1.29 is 4.79 Å². The quantitative estimate of drug-likeness (QED) is 0.590. The number of aromatic nitrogens is 3. The molecule has 4 aliphatic carbocycles. The van der Waals surface area contributed by atoms with E-state index in [0.29, 0.717) is 18.1 Å². The minimum Gasteiger partial charge on any atom is -0.302 e. The molecular formula is C18H25N3OS. The van der Waals surface area contributed by atoms with Gasteiger partial charge in [-0.1, -0.05) is 17.8 Å². The van der Waals surface area contributed by atoms with Crippen molar-refractivity contribution in [3.63, 3.8) is 0 Å². The van der Waals surface area contributed by atoms with E-state index in [4.69, 9.17) is 0 Å². The van der Waals surface area contributed by atoms with Crippen molar-refractivity contribution in [3.05, 3.63) is 18.5 Å². The molecule has 124 valence electrons. The van der Waals surface area contributed by atoms with Crippen LogP contribution in [0.2, 0.25) is 0 Å². The fourth-order valence-electron chi connectivity index (χ4n) is 5.54. The Labute approximate surface area is 142 Å². The van der Waals surface area contributed by atoms with Gasteiger partial charge >= 0.3 is 0 Å². The lowest BCUT2D eigenvalue weighted by atomic mass is 9.48. The molecule has 0 atom stereocenters. The molecule has 23 heavy (non-hydrogen) atoms. The molecule has 0 aliphatic heterocycles. The van der Waals surface area contributed by atoms with Crippen molar-refractivity contribution in [2.24, 2.45) is 23.2 Å². The van der Waals surface area contributed by atoms with Crippen LogP contribution in [0, 0.1) is 30.1 Å². The first kappa shape index (κ1) is 15.4. The molecule has 5 heteroatoms. The lowest BCUT2D eigenvalue weighted by molar-refractivity contribution is -0.141. The number of carbonyl (C=O) groups is 1. The molecule has 0 N–H and O–H groups in total. The third kappa shape index (κ3) is 2.67. The van der Waals surface area contributed by atoms with Gasteiger partial charge in [-0.3, -0.25) is 4.79 Å². The first-order chi connectivity index (χ1) is 11.1. The van der Waals surface area contributed by atoms with E-state index in [0.717, 1.165) is 48.0 Å². The molecule has 0 aromatic carbocycles. The van der Waals surface area contributed by atoms with E-state index in [9.17, 15) is 4.79 Å². The van der Waals surface area contributed by atoms with Gasteiger partial charge in [-0.2, -0.15) is 0 Å². The molecule has 0 saturated heterocycles. The zero-order valence-corrected chi connectivity index (χ0v) is 14.6. The fraction of sp³-hybridized carbons (Fsp3) is 0.722. The SMILES string of the molecule is C=CCn1c(C)nnc1SCC(=O)C12CC3CC(CC(C3)C1)C2. The van der Waals surface area contributed by atoms with Crippen LogP contribution < -0.4 is 0 Å². The Morgan fingerprint density at radius 2 is 1.87 bits per heavy atom. The number of carbonyl (C=O) groups excluding carboxylic acids is 1. The predicted molar refractivity (Wildman–Crippen MR) is 91.3 cm³/mol. The molecule has 1 aromatic rings. The highest BCUT2D eigenvalue weighted by Crippen LogP contribution is 2.60. The molecule has 5 rings (SSSR count). The van der Waals surface area contributed by atoms with Gasteiger partial charge in [-0.05, 0) is 63.2 Å². The number of hydrogen-bond donors (Lipinski definition) is 0. The summed E-state index contributed by atoms with van der Waals surface area (Å²) in [5, 5.41) is 9.21. The summed E-state index contributed by atoms with van der Waals surface area (Å²) in [6, 6.07) is 0. The fourth-order valence-corrected chi connectivity index (χ4v) is 6.57. The van der Waals surface area contributed by atoms with Crippen molar-refractivity contribution in [1.29, 1.82) is 0 Å². The standard InChI is InChI=1S/C18H25N3OS/c1-3-4-21-12(2)19-20-17(21)23-11-16(22)18-8-13-5-14(9-18)7-15(6-13)10-18/h3,13-15H,1,4-11H2,2H3. The van der Waals surface area contributed by atoms with Gasteiger partial charge in [0, 0.05) is 12.0 Å². The van der Waals surface area contributed by atoms with Crippen LogP contribution in [0.4, 0.5) is 0 Å². The molecule has 0 unspecified atom stereocenters. The Hall–Kier alpha value is -1.10. The number of ketones is 1. The average Bonchev–Trinajstić information content (AvgIpc) is 2.85. The van der Waals surface area contributed by atoms with E-state index in [1.807, 2.05) is 17.6 Å². The minimum absolute atomic E-state index is 0.0000823. The summed E-state index contributed by atoms with van der Waals surface area (Å²) < 4.78 is 2.03. The zero-order chi connectivity index (χ0) is 16.0. The smallest absolute Gasteiger partial charge is 0.191 e. The zero-order valence-electron chi connectivity index (χ0n) is 13.8. The van der Waals surface area contributed by atoms with E-state index in [1.54, 1.807) is 11.8 Å². The molecule has 1 heterocycles. The Morgan fingerprint density at radius 1 is 1.26 bits per heavy atom. The third-order valence-corrected chi connectivity index (χ3v) is 7.14. The van der Waals surface area contributed by atoms with Gasteiger partial charge in [0.05, 0.1) is 5.75 Å². The Bertz CT molecular complexity index is 601. The molecule has 4 aliphatic rings. The molecule has 4 saturated carbocycles. The van der Waals surface area contributed by atoms with Gasteiger partial charge in [0.1, 0.15) is 11.6 Å². The monoisotopic (exact) mass is 331 g/mol. The van der Waals surface area contributed by atoms with Crippen molar-refractivity contribution in [2.75, 3.05) is 5.75 Å². The number of Topliss-reactive ketones (excluding diaryl/α,β-unsaturated/α-hetero) is 1. The number of thioether (sulfide) groups is 1. The van der Waals surface area contributed by atoms with E-state index >= 15 is 0 Å². The lowest BCUT2D eigenvalue weighted by Gasteiger charge is -2.56. The van der Waals surface area contributed by atoms with E-state index < -0.39 is 0 Å². The third-order valence-electron chi connectivity index (χ3n) is 6.18. The molecule has 0 spiro atoms. The molecular weight excluding hydrogens is 306 g/mol. The van der Waals surface area contributed by atoms with Gasteiger partial charge in [0.25, 0.3) is 0 Å². The summed E-state index contributed by atoms with van der Waals surface area (Å²) in [7, 11) is 0. The first-order valence-corrected chi connectivity index (χ1v) is 9.75. The first-order valence-electron chi connectivity index (χ1n) is 8.76. The molecule has 0 radical (unpaired) electrons. The van der Waals surface area contributed by atoms with Gasteiger partial charge in [-0.25, -0.2) is 0 Å². The topological polar surface area (TPSA) is 47.8 Å². The largest absolute Gasteiger partial charge is 0.302 e. The minimum atomic E-state index is 0.0000823. The highest BCUT2D eigenvalue weighted by molar-refractivity contribution is 7.99. The van der Waals surface area contributed by atoms with Gasteiger partial charge in [0.2, 0.25) is 0 Å². The van der Waals surface area contributed by atoms with Gasteiger partial charge < -0.3 is 4.57 Å². The number of allylic oxidation sites excluding steroid dienone is 1. The van der Waals surface area contributed by atoms with Crippen molar-refractivity contribution in [2.45, 2.75) is 57.1 Å². The van der Waals surface area contributed by atoms with E-state index in [2.05, 4.69) is 16.8 Å². The maximum absolute atomic E-state index is 13.0.